The highest BCUT2D eigenvalue weighted by Gasteiger charge is 2.19. The third-order valence-corrected chi connectivity index (χ3v) is 4.56. The molecule has 2 heterocycles. The largest absolute Gasteiger partial charge is 0.486 e. The van der Waals surface area contributed by atoms with Crippen LogP contribution in [0.5, 0.6) is 5.75 Å². The second-order valence-corrected chi connectivity index (χ2v) is 6.61. The summed E-state index contributed by atoms with van der Waals surface area (Å²) in [4.78, 5) is 18.4. The van der Waals surface area contributed by atoms with E-state index in [1.54, 1.807) is 22.0 Å². The highest BCUT2D eigenvalue weighted by atomic mass is 16.5. The lowest BCUT2D eigenvalue weighted by Crippen LogP contribution is -2.30. The number of hydrogen-bond acceptors (Lipinski definition) is 6. The van der Waals surface area contributed by atoms with Crippen molar-refractivity contribution < 1.29 is 14.1 Å². The van der Waals surface area contributed by atoms with Crippen LogP contribution >= 0.6 is 0 Å². The summed E-state index contributed by atoms with van der Waals surface area (Å²) in [5.41, 5.74) is 2.22. The van der Waals surface area contributed by atoms with Crippen molar-refractivity contribution in [1.82, 2.24) is 24.8 Å². The number of ether oxygens (including phenoxy) is 1. The van der Waals surface area contributed by atoms with Crippen molar-refractivity contribution in [3.63, 3.8) is 0 Å². The quantitative estimate of drug-likeness (QED) is 0.448. The SMILES string of the molecule is CCN(Cc1ccccc1)C(=O)c1cc(COc2ccc(-n3cncn3)cc2)on1. The number of carbonyl (C=O) groups excluding carboxylic acids is 1. The molecule has 1 amide bonds. The highest BCUT2D eigenvalue weighted by Crippen LogP contribution is 2.17. The molecule has 4 rings (SSSR count). The van der Waals surface area contributed by atoms with Crippen LogP contribution in [0.15, 0.2) is 77.8 Å². The summed E-state index contributed by atoms with van der Waals surface area (Å²) in [6.07, 6.45) is 3.10. The van der Waals surface area contributed by atoms with Gasteiger partial charge in [0.25, 0.3) is 5.91 Å². The Morgan fingerprint density at radius 3 is 2.63 bits per heavy atom. The minimum absolute atomic E-state index is 0.173. The van der Waals surface area contributed by atoms with Gasteiger partial charge < -0.3 is 14.2 Å². The predicted octanol–water partition coefficient (Wildman–Crippen LogP) is 3.50. The van der Waals surface area contributed by atoms with E-state index in [2.05, 4.69) is 15.2 Å². The van der Waals surface area contributed by atoms with Gasteiger partial charge in [-0.05, 0) is 36.8 Å². The molecule has 0 atom stereocenters. The van der Waals surface area contributed by atoms with Gasteiger partial charge in [0.05, 0.1) is 5.69 Å². The minimum atomic E-state index is -0.173. The summed E-state index contributed by atoms with van der Waals surface area (Å²) in [7, 11) is 0. The van der Waals surface area contributed by atoms with E-state index < -0.39 is 0 Å². The number of amides is 1. The Hall–Kier alpha value is -3.94. The third-order valence-electron chi connectivity index (χ3n) is 4.56. The van der Waals surface area contributed by atoms with Crippen LogP contribution in [0.1, 0.15) is 28.7 Å². The molecule has 30 heavy (non-hydrogen) atoms. The Morgan fingerprint density at radius 2 is 1.93 bits per heavy atom. The van der Waals surface area contributed by atoms with Crippen molar-refractivity contribution >= 4 is 5.91 Å². The zero-order valence-electron chi connectivity index (χ0n) is 16.5. The summed E-state index contributed by atoms with van der Waals surface area (Å²) in [5.74, 6) is 0.977. The molecule has 0 spiro atoms. The van der Waals surface area contributed by atoms with Crippen LogP contribution in [-0.2, 0) is 13.2 Å². The first-order valence-electron chi connectivity index (χ1n) is 9.59. The third kappa shape index (κ3) is 4.54. The fourth-order valence-electron chi connectivity index (χ4n) is 2.97. The smallest absolute Gasteiger partial charge is 0.276 e. The van der Waals surface area contributed by atoms with Crippen LogP contribution in [0.4, 0.5) is 0 Å². The zero-order chi connectivity index (χ0) is 20.8. The van der Waals surface area contributed by atoms with Crippen LogP contribution in [0.3, 0.4) is 0 Å². The van der Waals surface area contributed by atoms with Crippen molar-refractivity contribution in [3.05, 3.63) is 90.3 Å². The molecule has 0 fully saturated rings. The van der Waals surface area contributed by atoms with Gasteiger partial charge in [0.2, 0.25) is 0 Å². The topological polar surface area (TPSA) is 86.3 Å². The number of carbonyl (C=O) groups is 1. The summed E-state index contributed by atoms with van der Waals surface area (Å²) >= 11 is 0. The molecule has 2 aromatic carbocycles. The van der Waals surface area contributed by atoms with Crippen molar-refractivity contribution in [2.45, 2.75) is 20.1 Å². The molecule has 0 aliphatic carbocycles. The second-order valence-electron chi connectivity index (χ2n) is 6.61. The van der Waals surface area contributed by atoms with E-state index in [1.165, 1.54) is 6.33 Å². The molecule has 0 aliphatic rings. The van der Waals surface area contributed by atoms with E-state index in [0.29, 0.717) is 24.6 Å². The van der Waals surface area contributed by atoms with Crippen molar-refractivity contribution in [2.24, 2.45) is 0 Å². The molecule has 4 aromatic rings. The lowest BCUT2D eigenvalue weighted by atomic mass is 10.2. The Labute approximate surface area is 173 Å². The summed E-state index contributed by atoms with van der Waals surface area (Å²) in [5, 5.41) is 8.00. The molecule has 0 bridgehead atoms. The van der Waals surface area contributed by atoms with Crippen LogP contribution in [0, 0.1) is 0 Å². The first-order valence-corrected chi connectivity index (χ1v) is 9.59. The first-order chi connectivity index (χ1) is 14.7. The standard InChI is InChI=1S/C22H21N5O3/c1-2-26(13-17-6-4-3-5-7-17)22(28)21-12-20(30-25-21)14-29-19-10-8-18(9-11-19)27-16-23-15-24-27/h3-12,15-16H,2,13-14H2,1H3. The summed E-state index contributed by atoms with van der Waals surface area (Å²) in [6, 6.07) is 18.9. The molecule has 152 valence electrons. The maximum absolute atomic E-state index is 12.8. The number of aromatic nitrogens is 4. The number of benzene rings is 2. The van der Waals surface area contributed by atoms with Crippen molar-refractivity contribution in [1.29, 1.82) is 0 Å². The highest BCUT2D eigenvalue weighted by molar-refractivity contribution is 5.92. The molecule has 0 saturated carbocycles. The summed E-state index contributed by atoms with van der Waals surface area (Å²) < 4.78 is 12.7. The Kier molecular flexibility index (Phi) is 5.84. The molecule has 0 saturated heterocycles. The average Bonchev–Trinajstić information content (AvgIpc) is 3.49. The lowest BCUT2D eigenvalue weighted by Gasteiger charge is -2.19. The van der Waals surface area contributed by atoms with Gasteiger partial charge in [-0.1, -0.05) is 35.5 Å². The molecule has 0 unspecified atom stereocenters. The maximum atomic E-state index is 12.8. The molecular formula is C22H21N5O3. The van der Waals surface area contributed by atoms with Gasteiger partial charge in [-0.2, -0.15) is 5.10 Å². The van der Waals surface area contributed by atoms with Crippen LogP contribution in [0.2, 0.25) is 0 Å². The second kappa shape index (κ2) is 9.04. The van der Waals surface area contributed by atoms with E-state index in [9.17, 15) is 4.79 Å². The van der Waals surface area contributed by atoms with Crippen LogP contribution < -0.4 is 4.74 Å². The molecule has 2 aromatic heterocycles. The van der Waals surface area contributed by atoms with Gasteiger partial charge in [-0.15, -0.1) is 0 Å². The number of nitrogens with zero attached hydrogens (tertiary/aromatic N) is 5. The monoisotopic (exact) mass is 403 g/mol. The van der Waals surface area contributed by atoms with Crippen LogP contribution in [0.25, 0.3) is 5.69 Å². The van der Waals surface area contributed by atoms with Gasteiger partial charge in [0, 0.05) is 19.2 Å². The fraction of sp³-hybridized carbons (Fsp3) is 0.182. The van der Waals surface area contributed by atoms with Gasteiger partial charge in [0.1, 0.15) is 25.0 Å². The van der Waals surface area contributed by atoms with Gasteiger partial charge >= 0.3 is 0 Å². The minimum Gasteiger partial charge on any atom is -0.486 e. The number of rotatable bonds is 8. The van der Waals surface area contributed by atoms with Gasteiger partial charge in [-0.25, -0.2) is 9.67 Å². The Bertz CT molecular complexity index is 1080. The fourth-order valence-corrected chi connectivity index (χ4v) is 2.97. The van der Waals surface area contributed by atoms with Crippen LogP contribution in [-0.4, -0.2) is 37.3 Å². The molecule has 0 N–H and O–H groups in total. The lowest BCUT2D eigenvalue weighted by molar-refractivity contribution is 0.0742. The van der Waals surface area contributed by atoms with Gasteiger partial charge in [0.15, 0.2) is 11.5 Å². The van der Waals surface area contributed by atoms with Crippen molar-refractivity contribution in [2.75, 3.05) is 6.54 Å². The Balaban J connectivity index is 1.36. The summed E-state index contributed by atoms with van der Waals surface area (Å²) in [6.45, 7) is 3.21. The molecule has 0 radical (unpaired) electrons. The van der Waals surface area contributed by atoms with E-state index in [4.69, 9.17) is 9.26 Å². The predicted molar refractivity (Wildman–Crippen MR) is 109 cm³/mol. The van der Waals surface area contributed by atoms with E-state index in [0.717, 1.165) is 11.3 Å². The van der Waals surface area contributed by atoms with Crippen molar-refractivity contribution in [3.8, 4) is 11.4 Å². The zero-order valence-corrected chi connectivity index (χ0v) is 16.5. The Morgan fingerprint density at radius 1 is 1.13 bits per heavy atom. The van der Waals surface area contributed by atoms with Gasteiger partial charge in [-0.3, -0.25) is 4.79 Å². The van der Waals surface area contributed by atoms with E-state index in [1.807, 2.05) is 61.5 Å². The normalized spacial score (nSPS) is 10.7. The number of hydrogen-bond donors (Lipinski definition) is 0. The average molecular weight is 403 g/mol. The molecule has 8 heteroatoms. The van der Waals surface area contributed by atoms with E-state index in [-0.39, 0.29) is 18.2 Å². The molecular weight excluding hydrogens is 382 g/mol. The maximum Gasteiger partial charge on any atom is 0.276 e. The molecule has 8 nitrogen and oxygen atoms in total. The van der Waals surface area contributed by atoms with E-state index >= 15 is 0 Å². The first kappa shape index (κ1) is 19.4. The molecule has 0 aliphatic heterocycles.